The number of morpholine rings is 1. The van der Waals surface area contributed by atoms with Crippen molar-refractivity contribution < 1.29 is 9.53 Å². The number of aromatic nitrogens is 2. The first-order valence-corrected chi connectivity index (χ1v) is 10.7. The standard InChI is InChI=1S/C21H33N5O2/c1-14-15(2)22-16(3)23-21(14)24-17-11-18-5-4-6-19(12-17)26(18)20(27)13-25-7-9-28-10-8-25/h17-19H,4-13H2,1-3H3,(H,22,23,24). The van der Waals surface area contributed by atoms with Crippen molar-refractivity contribution in [3.8, 4) is 0 Å². The minimum atomic E-state index is 0.306. The molecule has 0 radical (unpaired) electrons. The zero-order chi connectivity index (χ0) is 19.7. The molecule has 1 aromatic heterocycles. The Labute approximate surface area is 167 Å². The summed E-state index contributed by atoms with van der Waals surface area (Å²) >= 11 is 0. The van der Waals surface area contributed by atoms with Crippen LogP contribution >= 0.6 is 0 Å². The molecule has 28 heavy (non-hydrogen) atoms. The summed E-state index contributed by atoms with van der Waals surface area (Å²) in [6.45, 7) is 9.81. The van der Waals surface area contributed by atoms with E-state index < -0.39 is 0 Å². The van der Waals surface area contributed by atoms with Crippen LogP contribution in [0.1, 0.15) is 49.2 Å². The maximum atomic E-state index is 13.1. The summed E-state index contributed by atoms with van der Waals surface area (Å²) in [7, 11) is 0. The highest BCUT2D eigenvalue weighted by Gasteiger charge is 2.41. The Morgan fingerprint density at radius 1 is 1.11 bits per heavy atom. The van der Waals surface area contributed by atoms with Gasteiger partial charge in [-0.25, -0.2) is 9.97 Å². The Kier molecular flexibility index (Phi) is 5.83. The lowest BCUT2D eigenvalue weighted by atomic mass is 9.81. The molecule has 0 aromatic carbocycles. The van der Waals surface area contributed by atoms with Gasteiger partial charge in [-0.05, 0) is 52.9 Å². The molecule has 0 saturated carbocycles. The summed E-state index contributed by atoms with van der Waals surface area (Å²) in [4.78, 5) is 26.6. The number of carbonyl (C=O) groups is 1. The van der Waals surface area contributed by atoms with Crippen molar-refractivity contribution in [3.63, 3.8) is 0 Å². The van der Waals surface area contributed by atoms with E-state index in [1.807, 2.05) is 13.8 Å². The molecule has 3 aliphatic heterocycles. The van der Waals surface area contributed by atoms with E-state index in [1.165, 1.54) is 6.42 Å². The third kappa shape index (κ3) is 4.15. The minimum Gasteiger partial charge on any atom is -0.379 e. The van der Waals surface area contributed by atoms with Gasteiger partial charge in [-0.2, -0.15) is 0 Å². The average Bonchev–Trinajstić information content (AvgIpc) is 2.65. The van der Waals surface area contributed by atoms with E-state index in [1.54, 1.807) is 0 Å². The molecule has 0 aliphatic carbocycles. The second-order valence-corrected chi connectivity index (χ2v) is 8.57. The maximum absolute atomic E-state index is 13.1. The molecule has 3 aliphatic rings. The van der Waals surface area contributed by atoms with Crippen LogP contribution in [0, 0.1) is 20.8 Å². The van der Waals surface area contributed by atoms with Crippen LogP contribution in [-0.2, 0) is 9.53 Å². The van der Waals surface area contributed by atoms with Crippen LogP contribution in [0.2, 0.25) is 0 Å². The van der Waals surface area contributed by atoms with Gasteiger partial charge in [0.2, 0.25) is 5.91 Å². The predicted octanol–water partition coefficient (Wildman–Crippen LogP) is 2.06. The second-order valence-electron chi connectivity index (χ2n) is 8.57. The molecule has 7 nitrogen and oxygen atoms in total. The zero-order valence-electron chi connectivity index (χ0n) is 17.4. The van der Waals surface area contributed by atoms with Crippen LogP contribution in [0.4, 0.5) is 5.82 Å². The Balaban J connectivity index is 1.42. The lowest BCUT2D eigenvalue weighted by Crippen LogP contribution is -2.59. The van der Waals surface area contributed by atoms with Crippen molar-refractivity contribution in [1.29, 1.82) is 0 Å². The number of ether oxygens (including phenoxy) is 1. The van der Waals surface area contributed by atoms with Gasteiger partial charge in [0.15, 0.2) is 0 Å². The van der Waals surface area contributed by atoms with Gasteiger partial charge in [0, 0.05) is 42.5 Å². The molecule has 0 spiro atoms. The molecular weight excluding hydrogens is 354 g/mol. The number of hydrogen-bond acceptors (Lipinski definition) is 6. The first-order chi connectivity index (χ1) is 13.5. The molecule has 1 amide bonds. The smallest absolute Gasteiger partial charge is 0.237 e. The van der Waals surface area contributed by atoms with Crippen molar-refractivity contribution in [2.75, 3.05) is 38.2 Å². The van der Waals surface area contributed by atoms with Crippen LogP contribution < -0.4 is 5.32 Å². The largest absolute Gasteiger partial charge is 0.379 e. The Bertz CT molecular complexity index is 705. The van der Waals surface area contributed by atoms with Gasteiger partial charge in [-0.3, -0.25) is 9.69 Å². The van der Waals surface area contributed by atoms with E-state index in [9.17, 15) is 4.79 Å². The zero-order valence-corrected chi connectivity index (χ0v) is 17.4. The van der Waals surface area contributed by atoms with Crippen molar-refractivity contribution in [3.05, 3.63) is 17.1 Å². The quantitative estimate of drug-likeness (QED) is 0.853. The van der Waals surface area contributed by atoms with Crippen molar-refractivity contribution >= 4 is 11.7 Å². The van der Waals surface area contributed by atoms with Gasteiger partial charge in [0.25, 0.3) is 0 Å². The summed E-state index contributed by atoms with van der Waals surface area (Å²) in [5.74, 6) is 2.07. The number of anilines is 1. The Morgan fingerprint density at radius 3 is 2.46 bits per heavy atom. The van der Waals surface area contributed by atoms with E-state index in [-0.39, 0.29) is 0 Å². The van der Waals surface area contributed by atoms with E-state index in [0.717, 1.165) is 74.9 Å². The first kappa shape index (κ1) is 19.6. The molecule has 4 rings (SSSR count). The third-order valence-electron chi connectivity index (χ3n) is 6.57. The summed E-state index contributed by atoms with van der Waals surface area (Å²) in [6.07, 6.45) is 5.47. The van der Waals surface area contributed by atoms with Crippen molar-refractivity contribution in [1.82, 2.24) is 19.8 Å². The fraction of sp³-hybridized carbons (Fsp3) is 0.762. The number of hydrogen-bond donors (Lipinski definition) is 1. The van der Waals surface area contributed by atoms with Gasteiger partial charge in [0.05, 0.1) is 19.8 Å². The van der Waals surface area contributed by atoms with Crippen LogP contribution in [0.5, 0.6) is 0 Å². The van der Waals surface area contributed by atoms with Gasteiger partial charge in [-0.1, -0.05) is 0 Å². The van der Waals surface area contributed by atoms with E-state index in [4.69, 9.17) is 4.74 Å². The predicted molar refractivity (Wildman–Crippen MR) is 108 cm³/mol. The van der Waals surface area contributed by atoms with E-state index in [2.05, 4.69) is 32.0 Å². The third-order valence-corrected chi connectivity index (χ3v) is 6.57. The van der Waals surface area contributed by atoms with Gasteiger partial charge in [-0.15, -0.1) is 0 Å². The number of fused-ring (bicyclic) bond motifs is 2. The molecule has 4 heterocycles. The summed E-state index contributed by atoms with van der Waals surface area (Å²) in [5, 5.41) is 3.68. The fourth-order valence-corrected chi connectivity index (χ4v) is 5.04. The van der Waals surface area contributed by atoms with Crippen LogP contribution in [0.3, 0.4) is 0 Å². The number of aryl methyl sites for hydroxylation is 2. The molecule has 154 valence electrons. The average molecular weight is 388 g/mol. The van der Waals surface area contributed by atoms with Gasteiger partial charge < -0.3 is 15.0 Å². The van der Waals surface area contributed by atoms with Crippen LogP contribution in [0.25, 0.3) is 0 Å². The number of piperidine rings is 2. The molecule has 3 fully saturated rings. The number of carbonyl (C=O) groups excluding carboxylic acids is 1. The van der Waals surface area contributed by atoms with Crippen molar-refractivity contribution in [2.45, 2.75) is 71.0 Å². The highest BCUT2D eigenvalue weighted by Crippen LogP contribution is 2.35. The summed E-state index contributed by atoms with van der Waals surface area (Å²) in [6, 6.07) is 1.07. The maximum Gasteiger partial charge on any atom is 0.237 e. The number of nitrogens with one attached hydrogen (secondary N) is 1. The number of nitrogens with zero attached hydrogens (tertiary/aromatic N) is 4. The molecule has 2 bridgehead atoms. The second kappa shape index (κ2) is 8.33. The minimum absolute atomic E-state index is 0.306. The summed E-state index contributed by atoms with van der Waals surface area (Å²) in [5.41, 5.74) is 2.16. The lowest BCUT2D eigenvalue weighted by Gasteiger charge is -2.49. The normalized spacial score (nSPS) is 28.2. The van der Waals surface area contributed by atoms with Crippen LogP contribution in [0.15, 0.2) is 0 Å². The molecule has 3 saturated heterocycles. The SMILES string of the molecule is Cc1nc(C)c(C)c(NC2CC3CCCC(C2)N3C(=O)CN2CCOCC2)n1. The topological polar surface area (TPSA) is 70.6 Å². The highest BCUT2D eigenvalue weighted by atomic mass is 16.5. The highest BCUT2D eigenvalue weighted by molar-refractivity contribution is 5.79. The van der Waals surface area contributed by atoms with Crippen LogP contribution in [-0.4, -0.2) is 76.6 Å². The first-order valence-electron chi connectivity index (χ1n) is 10.7. The molecular formula is C21H33N5O2. The number of amides is 1. The lowest BCUT2D eigenvalue weighted by molar-refractivity contribution is -0.143. The Hall–Kier alpha value is -1.73. The van der Waals surface area contributed by atoms with Gasteiger partial charge in [0.1, 0.15) is 11.6 Å². The van der Waals surface area contributed by atoms with Gasteiger partial charge >= 0.3 is 0 Å². The summed E-state index contributed by atoms with van der Waals surface area (Å²) < 4.78 is 5.41. The molecule has 1 N–H and O–H groups in total. The molecule has 2 unspecified atom stereocenters. The number of rotatable bonds is 4. The molecule has 7 heteroatoms. The van der Waals surface area contributed by atoms with E-state index >= 15 is 0 Å². The molecule has 2 atom stereocenters. The van der Waals surface area contributed by atoms with E-state index in [0.29, 0.717) is 30.6 Å². The molecule has 1 aromatic rings. The van der Waals surface area contributed by atoms with Crippen molar-refractivity contribution in [2.24, 2.45) is 0 Å². The Morgan fingerprint density at radius 2 is 1.79 bits per heavy atom. The monoisotopic (exact) mass is 387 g/mol. The fourth-order valence-electron chi connectivity index (χ4n) is 5.04.